The first kappa shape index (κ1) is 22.2. The maximum Gasteiger partial charge on any atom is 0.270 e. The van der Waals surface area contributed by atoms with Crippen LogP contribution in [0.2, 0.25) is 0 Å². The van der Waals surface area contributed by atoms with Crippen molar-refractivity contribution in [2.24, 2.45) is 5.92 Å². The summed E-state index contributed by atoms with van der Waals surface area (Å²) in [5, 5.41) is 5.17. The number of amides is 1. The maximum absolute atomic E-state index is 13.4. The first-order chi connectivity index (χ1) is 15.2. The molecule has 0 saturated carbocycles. The highest BCUT2D eigenvalue weighted by molar-refractivity contribution is 6.00. The molecule has 0 aliphatic carbocycles. The molecule has 1 saturated heterocycles. The van der Waals surface area contributed by atoms with Crippen molar-refractivity contribution in [3.63, 3.8) is 0 Å². The van der Waals surface area contributed by atoms with E-state index >= 15 is 0 Å². The van der Waals surface area contributed by atoms with Crippen molar-refractivity contribution in [1.29, 1.82) is 0 Å². The molecule has 1 fully saturated rings. The number of nitrogens with one attached hydrogen (secondary N) is 1. The first-order valence-electron chi connectivity index (χ1n) is 10.9. The Morgan fingerprint density at radius 3 is 2.50 bits per heavy atom. The van der Waals surface area contributed by atoms with Crippen LogP contribution < -0.4 is 10.1 Å². The largest absolute Gasteiger partial charge is 0.457 e. The Bertz CT molecular complexity index is 1100. The van der Waals surface area contributed by atoms with Crippen LogP contribution in [-0.4, -0.2) is 36.5 Å². The highest BCUT2D eigenvalue weighted by atomic mass is 19.3. The lowest BCUT2D eigenvalue weighted by atomic mass is 9.97. The molecule has 1 aliphatic rings. The summed E-state index contributed by atoms with van der Waals surface area (Å²) >= 11 is 0. The lowest BCUT2D eigenvalue weighted by Crippen LogP contribution is -2.53. The van der Waals surface area contributed by atoms with Crippen molar-refractivity contribution in [2.75, 3.05) is 19.6 Å². The molecule has 1 N–H and O–H groups in total. The minimum absolute atomic E-state index is 0.0371. The van der Waals surface area contributed by atoms with E-state index in [9.17, 15) is 13.6 Å². The Morgan fingerprint density at radius 1 is 1.12 bits per heavy atom. The fraction of sp³-hybridized carbons (Fsp3) is 0.346. The Kier molecular flexibility index (Phi) is 6.15. The van der Waals surface area contributed by atoms with Gasteiger partial charge in [0, 0.05) is 55.0 Å². The Balaban J connectivity index is 1.46. The lowest BCUT2D eigenvalue weighted by molar-refractivity contribution is 0.0174. The van der Waals surface area contributed by atoms with Gasteiger partial charge in [-0.15, -0.1) is 0 Å². The number of ether oxygens (including phenoxy) is 1. The van der Waals surface area contributed by atoms with E-state index in [-0.39, 0.29) is 11.5 Å². The average molecular weight is 439 g/mol. The highest BCUT2D eigenvalue weighted by Gasteiger charge is 2.31. The number of fused-ring (bicyclic) bond motifs is 1. The van der Waals surface area contributed by atoms with E-state index in [1.807, 2.05) is 41.3 Å². The smallest absolute Gasteiger partial charge is 0.270 e. The molecule has 32 heavy (non-hydrogen) atoms. The minimum Gasteiger partial charge on any atom is -0.457 e. The zero-order valence-corrected chi connectivity index (χ0v) is 18.6. The number of benzene rings is 3. The summed E-state index contributed by atoms with van der Waals surface area (Å²) in [6.07, 6.45) is 0. The van der Waals surface area contributed by atoms with Crippen LogP contribution in [-0.2, 0) is 5.92 Å². The monoisotopic (exact) mass is 438 g/mol. The van der Waals surface area contributed by atoms with E-state index in [4.69, 9.17) is 4.74 Å². The van der Waals surface area contributed by atoms with Crippen LogP contribution in [0.25, 0.3) is 10.8 Å². The normalized spacial score (nSPS) is 14.6. The van der Waals surface area contributed by atoms with Gasteiger partial charge in [0.15, 0.2) is 0 Å². The molecule has 0 radical (unpaired) electrons. The summed E-state index contributed by atoms with van der Waals surface area (Å²) in [4.78, 5) is 14.7. The molecule has 3 aromatic rings. The third-order valence-electron chi connectivity index (χ3n) is 5.74. The highest BCUT2D eigenvalue weighted by Crippen LogP contribution is 2.33. The molecule has 0 spiro atoms. The van der Waals surface area contributed by atoms with E-state index < -0.39 is 5.92 Å². The van der Waals surface area contributed by atoms with Gasteiger partial charge in [0.1, 0.15) is 11.5 Å². The number of hydrogen-bond acceptors (Lipinski definition) is 3. The van der Waals surface area contributed by atoms with Crippen molar-refractivity contribution in [3.05, 3.63) is 71.8 Å². The summed E-state index contributed by atoms with van der Waals surface area (Å²) < 4.78 is 32.8. The Labute approximate surface area is 187 Å². The van der Waals surface area contributed by atoms with Crippen LogP contribution in [0.4, 0.5) is 8.78 Å². The van der Waals surface area contributed by atoms with Gasteiger partial charge >= 0.3 is 0 Å². The van der Waals surface area contributed by atoms with E-state index in [0.29, 0.717) is 29.0 Å². The van der Waals surface area contributed by atoms with Crippen molar-refractivity contribution < 1.29 is 18.3 Å². The van der Waals surface area contributed by atoms with Crippen LogP contribution in [0.15, 0.2) is 60.7 Å². The second kappa shape index (κ2) is 8.87. The van der Waals surface area contributed by atoms with Gasteiger partial charge in [-0.25, -0.2) is 8.78 Å². The molecule has 1 heterocycles. The minimum atomic E-state index is -2.89. The van der Waals surface area contributed by atoms with Crippen LogP contribution in [0.3, 0.4) is 0 Å². The third kappa shape index (κ3) is 4.91. The second-order valence-electron chi connectivity index (χ2n) is 8.85. The summed E-state index contributed by atoms with van der Waals surface area (Å²) in [6, 6.07) is 17.5. The topological polar surface area (TPSA) is 41.6 Å². The predicted molar refractivity (Wildman–Crippen MR) is 123 cm³/mol. The molecule has 0 unspecified atom stereocenters. The summed E-state index contributed by atoms with van der Waals surface area (Å²) in [6.45, 7) is 7.58. The number of carbonyl (C=O) groups excluding carboxylic acids is 1. The van der Waals surface area contributed by atoms with E-state index in [1.54, 1.807) is 0 Å². The number of carbonyl (C=O) groups is 1. The Morgan fingerprint density at radius 2 is 1.84 bits per heavy atom. The molecule has 0 bridgehead atoms. The van der Waals surface area contributed by atoms with Gasteiger partial charge in [0.2, 0.25) is 0 Å². The van der Waals surface area contributed by atoms with Crippen molar-refractivity contribution >= 4 is 16.7 Å². The zero-order valence-electron chi connectivity index (χ0n) is 18.6. The van der Waals surface area contributed by atoms with Gasteiger partial charge in [0.25, 0.3) is 11.8 Å². The molecular formula is C26H28F2N2O2. The van der Waals surface area contributed by atoms with E-state index in [0.717, 1.165) is 37.3 Å². The predicted octanol–water partition coefficient (Wildman–Crippen LogP) is 5.81. The van der Waals surface area contributed by atoms with Gasteiger partial charge in [-0.05, 0) is 53.9 Å². The molecule has 4 rings (SSSR count). The SMILES string of the molecule is CC(C)NCC1CN(C(=O)c2ccc3c(Oc4ccc(C(C)(F)F)cc4)cccc3c2)C1. The number of likely N-dealkylation sites (tertiary alicyclic amines) is 1. The molecule has 0 aromatic heterocycles. The maximum atomic E-state index is 13.4. The molecule has 3 aromatic carbocycles. The van der Waals surface area contributed by atoms with Crippen LogP contribution in [0.1, 0.15) is 36.7 Å². The summed E-state index contributed by atoms with van der Waals surface area (Å²) in [7, 11) is 0. The van der Waals surface area contributed by atoms with Gasteiger partial charge in [-0.1, -0.05) is 26.0 Å². The molecular weight excluding hydrogens is 410 g/mol. The second-order valence-corrected chi connectivity index (χ2v) is 8.85. The number of alkyl halides is 2. The zero-order chi connectivity index (χ0) is 22.9. The number of rotatable bonds is 7. The van der Waals surface area contributed by atoms with Crippen LogP contribution in [0, 0.1) is 5.92 Å². The summed E-state index contributed by atoms with van der Waals surface area (Å²) in [5.74, 6) is -1.26. The van der Waals surface area contributed by atoms with E-state index in [1.165, 1.54) is 24.3 Å². The van der Waals surface area contributed by atoms with Crippen LogP contribution >= 0.6 is 0 Å². The van der Waals surface area contributed by atoms with Crippen LogP contribution in [0.5, 0.6) is 11.5 Å². The molecule has 6 heteroatoms. The Hall–Kier alpha value is -2.99. The quantitative estimate of drug-likeness (QED) is 0.506. The standard InChI is InChI=1S/C26H28F2N2O2/c1-17(2)29-14-18-15-30(16-18)25(31)20-7-12-23-19(13-20)5-4-6-24(23)32-22-10-8-21(9-11-22)26(3,27)28/h4-13,17-18,29H,14-16H2,1-3H3. The molecule has 4 nitrogen and oxygen atoms in total. The molecule has 1 amide bonds. The van der Waals surface area contributed by atoms with Crippen molar-refractivity contribution in [1.82, 2.24) is 10.2 Å². The number of nitrogens with zero attached hydrogens (tertiary/aromatic N) is 1. The molecule has 1 aliphatic heterocycles. The third-order valence-corrected chi connectivity index (χ3v) is 5.74. The van der Waals surface area contributed by atoms with Gasteiger partial charge < -0.3 is 15.0 Å². The molecule has 0 atom stereocenters. The van der Waals surface area contributed by atoms with Crippen molar-refractivity contribution in [3.8, 4) is 11.5 Å². The number of hydrogen-bond donors (Lipinski definition) is 1. The fourth-order valence-corrected chi connectivity index (χ4v) is 3.87. The van der Waals surface area contributed by atoms with Gasteiger partial charge in [0.05, 0.1) is 0 Å². The first-order valence-corrected chi connectivity index (χ1v) is 10.9. The number of halogens is 2. The van der Waals surface area contributed by atoms with E-state index in [2.05, 4.69) is 19.2 Å². The van der Waals surface area contributed by atoms with Crippen molar-refractivity contribution in [2.45, 2.75) is 32.7 Å². The van der Waals surface area contributed by atoms with Gasteiger partial charge in [-0.3, -0.25) is 4.79 Å². The fourth-order valence-electron chi connectivity index (χ4n) is 3.87. The van der Waals surface area contributed by atoms with Gasteiger partial charge in [-0.2, -0.15) is 0 Å². The lowest BCUT2D eigenvalue weighted by Gasteiger charge is -2.39. The summed E-state index contributed by atoms with van der Waals surface area (Å²) in [5.41, 5.74) is 0.596. The average Bonchev–Trinajstić information content (AvgIpc) is 2.72. The molecule has 168 valence electrons.